The van der Waals surface area contributed by atoms with Crippen molar-refractivity contribution in [2.45, 2.75) is 5.92 Å². The van der Waals surface area contributed by atoms with Crippen molar-refractivity contribution in [3.8, 4) is 6.07 Å². The zero-order chi connectivity index (χ0) is 14.8. The minimum Gasteiger partial charge on any atom is -0.291 e. The third-order valence-electron chi connectivity index (χ3n) is 3.13. The number of rotatable bonds is 3. The standard InChI is InChI=1S/C16H9ClN2OS/c17-14-10-5-1-2-7-13(10)21-16(14)15(20)11(9-18)12-6-3-4-8-19-12/h1-8,11H/t11-/m0/s1. The van der Waals surface area contributed by atoms with E-state index in [4.69, 9.17) is 11.6 Å². The SMILES string of the molecule is N#C[C@H](C(=O)c1sc2ccccc2c1Cl)c1ccccn1. The first-order chi connectivity index (χ1) is 10.2. The lowest BCUT2D eigenvalue weighted by molar-refractivity contribution is 0.0981. The Hall–Kier alpha value is -2.22. The zero-order valence-electron chi connectivity index (χ0n) is 10.8. The Labute approximate surface area is 130 Å². The third kappa shape index (κ3) is 2.42. The lowest BCUT2D eigenvalue weighted by Crippen LogP contribution is -2.11. The molecule has 102 valence electrons. The van der Waals surface area contributed by atoms with Gasteiger partial charge in [-0.15, -0.1) is 11.3 Å². The summed E-state index contributed by atoms with van der Waals surface area (Å²) in [4.78, 5) is 17.1. The first-order valence-corrected chi connectivity index (χ1v) is 7.43. The zero-order valence-corrected chi connectivity index (χ0v) is 12.4. The van der Waals surface area contributed by atoms with Crippen LogP contribution in [0.25, 0.3) is 10.1 Å². The van der Waals surface area contributed by atoms with Crippen LogP contribution < -0.4 is 0 Å². The maximum atomic E-state index is 12.6. The molecule has 0 fully saturated rings. The van der Waals surface area contributed by atoms with E-state index in [-0.39, 0.29) is 5.78 Å². The smallest absolute Gasteiger partial charge is 0.197 e. The molecule has 0 bridgehead atoms. The number of pyridine rings is 1. The first kappa shape index (κ1) is 13.7. The van der Waals surface area contributed by atoms with Gasteiger partial charge in [0, 0.05) is 16.3 Å². The number of Topliss-reactive ketones (excluding diaryl/α,β-unsaturated/α-hetero) is 1. The number of carbonyl (C=O) groups is 1. The van der Waals surface area contributed by atoms with Gasteiger partial charge < -0.3 is 0 Å². The predicted molar refractivity (Wildman–Crippen MR) is 83.8 cm³/mol. The number of carbonyl (C=O) groups excluding carboxylic acids is 1. The second kappa shape index (κ2) is 5.65. The van der Waals surface area contributed by atoms with E-state index in [2.05, 4.69) is 4.98 Å². The second-order valence-corrected chi connectivity index (χ2v) is 5.85. The third-order valence-corrected chi connectivity index (χ3v) is 4.82. The molecule has 2 aromatic heterocycles. The summed E-state index contributed by atoms with van der Waals surface area (Å²) in [6.07, 6.45) is 1.57. The highest BCUT2D eigenvalue weighted by Crippen LogP contribution is 2.37. The first-order valence-electron chi connectivity index (χ1n) is 6.24. The molecule has 0 amide bonds. The number of aromatic nitrogens is 1. The Kier molecular flexibility index (Phi) is 3.70. The highest BCUT2D eigenvalue weighted by Gasteiger charge is 2.27. The van der Waals surface area contributed by atoms with Gasteiger partial charge >= 0.3 is 0 Å². The van der Waals surface area contributed by atoms with Crippen molar-refractivity contribution in [3.05, 3.63) is 64.3 Å². The maximum Gasteiger partial charge on any atom is 0.197 e. The molecule has 0 aliphatic heterocycles. The number of halogens is 1. The van der Waals surface area contributed by atoms with Crippen molar-refractivity contribution in [2.75, 3.05) is 0 Å². The van der Waals surface area contributed by atoms with Gasteiger partial charge in [-0.05, 0) is 18.2 Å². The van der Waals surface area contributed by atoms with Crippen molar-refractivity contribution >= 4 is 38.8 Å². The van der Waals surface area contributed by atoms with E-state index in [1.165, 1.54) is 11.3 Å². The molecule has 0 saturated heterocycles. The number of hydrogen-bond donors (Lipinski definition) is 0. The molecule has 0 N–H and O–H groups in total. The Morgan fingerprint density at radius 3 is 2.67 bits per heavy atom. The quantitative estimate of drug-likeness (QED) is 0.672. The van der Waals surface area contributed by atoms with Crippen LogP contribution in [0.15, 0.2) is 48.7 Å². The summed E-state index contributed by atoms with van der Waals surface area (Å²) in [5.41, 5.74) is 0.443. The Bertz CT molecular complexity index is 852. The molecule has 5 heteroatoms. The Balaban J connectivity index is 2.08. The van der Waals surface area contributed by atoms with Gasteiger partial charge in [0.15, 0.2) is 11.7 Å². The van der Waals surface area contributed by atoms with Crippen molar-refractivity contribution in [1.82, 2.24) is 4.98 Å². The molecule has 3 nitrogen and oxygen atoms in total. The highest BCUT2D eigenvalue weighted by atomic mass is 35.5. The van der Waals surface area contributed by atoms with Crippen LogP contribution in [0.2, 0.25) is 5.02 Å². The molecule has 0 spiro atoms. The molecule has 1 atom stereocenters. The molecule has 0 aliphatic carbocycles. The van der Waals surface area contributed by atoms with E-state index in [1.807, 2.05) is 30.3 Å². The van der Waals surface area contributed by atoms with Crippen LogP contribution in [-0.2, 0) is 0 Å². The summed E-state index contributed by atoms with van der Waals surface area (Å²) in [6, 6.07) is 14.7. The second-order valence-electron chi connectivity index (χ2n) is 4.42. The fourth-order valence-electron chi connectivity index (χ4n) is 2.11. The number of fused-ring (bicyclic) bond motifs is 1. The Morgan fingerprint density at radius 1 is 1.24 bits per heavy atom. The van der Waals surface area contributed by atoms with Gasteiger partial charge in [0.2, 0.25) is 0 Å². The van der Waals surface area contributed by atoms with Crippen LogP contribution in [0.4, 0.5) is 0 Å². The Morgan fingerprint density at radius 2 is 2.00 bits per heavy atom. The summed E-state index contributed by atoms with van der Waals surface area (Å²) in [5.74, 6) is -1.24. The molecular formula is C16H9ClN2OS. The number of nitriles is 1. The normalized spacial score (nSPS) is 12.0. The summed E-state index contributed by atoms with van der Waals surface area (Å²) >= 11 is 7.61. The highest BCUT2D eigenvalue weighted by molar-refractivity contribution is 7.21. The van der Waals surface area contributed by atoms with Gasteiger partial charge in [0.1, 0.15) is 0 Å². The largest absolute Gasteiger partial charge is 0.291 e. The van der Waals surface area contributed by atoms with Gasteiger partial charge in [-0.1, -0.05) is 35.9 Å². The van der Waals surface area contributed by atoms with Crippen LogP contribution >= 0.6 is 22.9 Å². The monoisotopic (exact) mass is 312 g/mol. The lowest BCUT2D eigenvalue weighted by Gasteiger charge is -2.06. The fraction of sp³-hybridized carbons (Fsp3) is 0.0625. The average Bonchev–Trinajstić information content (AvgIpc) is 2.87. The molecule has 0 radical (unpaired) electrons. The average molecular weight is 313 g/mol. The van der Waals surface area contributed by atoms with Crippen molar-refractivity contribution < 1.29 is 4.79 Å². The van der Waals surface area contributed by atoms with Gasteiger partial charge in [-0.3, -0.25) is 9.78 Å². The number of nitrogens with zero attached hydrogens (tertiary/aromatic N) is 2. The van der Waals surface area contributed by atoms with Crippen molar-refractivity contribution in [3.63, 3.8) is 0 Å². The van der Waals surface area contributed by atoms with E-state index in [0.29, 0.717) is 15.6 Å². The minimum absolute atomic E-state index is 0.303. The fourth-order valence-corrected chi connectivity index (χ4v) is 3.60. The summed E-state index contributed by atoms with van der Waals surface area (Å²) in [6.45, 7) is 0. The predicted octanol–water partition coefficient (Wildman–Crippen LogP) is 4.44. The molecule has 2 heterocycles. The van der Waals surface area contributed by atoms with Gasteiger partial charge in [0.05, 0.1) is 21.7 Å². The van der Waals surface area contributed by atoms with Gasteiger partial charge in [0.25, 0.3) is 0 Å². The summed E-state index contributed by atoms with van der Waals surface area (Å²) < 4.78 is 0.934. The van der Waals surface area contributed by atoms with Crippen LogP contribution in [0, 0.1) is 11.3 Å². The van der Waals surface area contributed by atoms with E-state index in [1.54, 1.807) is 24.4 Å². The molecule has 0 unspecified atom stereocenters. The molecule has 0 aliphatic rings. The van der Waals surface area contributed by atoms with E-state index in [0.717, 1.165) is 10.1 Å². The van der Waals surface area contributed by atoms with E-state index >= 15 is 0 Å². The van der Waals surface area contributed by atoms with E-state index < -0.39 is 5.92 Å². The number of thiophene rings is 1. The van der Waals surface area contributed by atoms with Crippen LogP contribution in [0.3, 0.4) is 0 Å². The number of benzene rings is 1. The molecule has 3 rings (SSSR count). The van der Waals surface area contributed by atoms with Gasteiger partial charge in [-0.2, -0.15) is 5.26 Å². The summed E-state index contributed by atoms with van der Waals surface area (Å²) in [5, 5.41) is 10.6. The van der Waals surface area contributed by atoms with Gasteiger partial charge in [-0.25, -0.2) is 0 Å². The van der Waals surface area contributed by atoms with Crippen LogP contribution in [0.5, 0.6) is 0 Å². The maximum absolute atomic E-state index is 12.6. The lowest BCUT2D eigenvalue weighted by atomic mass is 10.00. The van der Waals surface area contributed by atoms with E-state index in [9.17, 15) is 10.1 Å². The molecule has 0 saturated carbocycles. The molecular weight excluding hydrogens is 304 g/mol. The van der Waals surface area contributed by atoms with Crippen molar-refractivity contribution in [2.24, 2.45) is 0 Å². The molecule has 21 heavy (non-hydrogen) atoms. The number of hydrogen-bond acceptors (Lipinski definition) is 4. The minimum atomic E-state index is -0.934. The molecule has 1 aromatic carbocycles. The van der Waals surface area contributed by atoms with Crippen molar-refractivity contribution in [1.29, 1.82) is 5.26 Å². The summed E-state index contributed by atoms with van der Waals surface area (Å²) in [7, 11) is 0. The van der Waals surface area contributed by atoms with Crippen LogP contribution in [0.1, 0.15) is 21.3 Å². The topological polar surface area (TPSA) is 53.8 Å². The van der Waals surface area contributed by atoms with Crippen LogP contribution in [-0.4, -0.2) is 10.8 Å². The molecule has 3 aromatic rings. The number of ketones is 1.